The van der Waals surface area contributed by atoms with E-state index in [0.717, 1.165) is 38.2 Å². The van der Waals surface area contributed by atoms with Crippen LogP contribution in [0.3, 0.4) is 0 Å². The molecule has 0 aromatic rings. The van der Waals surface area contributed by atoms with Gasteiger partial charge in [0.05, 0.1) is 0 Å². The summed E-state index contributed by atoms with van der Waals surface area (Å²) in [5.41, 5.74) is 0. The first kappa shape index (κ1) is 21.5. The number of halogens is 1. The molecule has 22 heavy (non-hydrogen) atoms. The van der Waals surface area contributed by atoms with Crippen LogP contribution in [0.4, 0.5) is 0 Å². The van der Waals surface area contributed by atoms with Crippen molar-refractivity contribution >= 4 is 35.9 Å². The Morgan fingerprint density at radius 1 is 1.32 bits per heavy atom. The van der Waals surface area contributed by atoms with Crippen molar-refractivity contribution in [3.63, 3.8) is 0 Å². The Morgan fingerprint density at radius 2 is 2.00 bits per heavy atom. The topological polar surface area (TPSA) is 62.7 Å². The number of hydrogen-bond donors (Lipinski definition) is 2. The predicted octanol–water partition coefficient (Wildman–Crippen LogP) is 3.22. The van der Waals surface area contributed by atoms with Gasteiger partial charge in [0.25, 0.3) is 0 Å². The highest BCUT2D eigenvalue weighted by Crippen LogP contribution is 2.21. The van der Waals surface area contributed by atoms with Gasteiger partial charge in [-0.05, 0) is 52.4 Å². The Hall–Kier alpha value is -0.530. The molecule has 0 radical (unpaired) electrons. The summed E-state index contributed by atoms with van der Waals surface area (Å²) in [6.45, 7) is 7.80. The molecule has 1 atom stereocenters. The molecule has 0 aromatic heterocycles. The highest BCUT2D eigenvalue weighted by Gasteiger charge is 2.18. The first-order chi connectivity index (χ1) is 10.2. The molecule has 0 aromatic carbocycles. The molecule has 1 aliphatic rings. The van der Waals surface area contributed by atoms with Crippen molar-refractivity contribution in [2.75, 3.05) is 13.1 Å². The molecule has 1 fully saturated rings. The number of nitrogens with one attached hydrogen (secondary N) is 2. The fourth-order valence-electron chi connectivity index (χ4n) is 2.32. The average Bonchev–Trinajstić information content (AvgIpc) is 2.96. The van der Waals surface area contributed by atoms with Crippen LogP contribution in [0.25, 0.3) is 0 Å². The van der Waals surface area contributed by atoms with Crippen LogP contribution in [0, 0.1) is 0 Å². The van der Waals surface area contributed by atoms with Crippen LogP contribution >= 0.6 is 24.0 Å². The normalized spacial score (nSPS) is 16.8. The van der Waals surface area contributed by atoms with Gasteiger partial charge in [-0.15, -0.1) is 24.0 Å². The van der Waals surface area contributed by atoms with Crippen LogP contribution in [0.2, 0.25) is 0 Å². The lowest BCUT2D eigenvalue weighted by Gasteiger charge is -2.16. The Labute approximate surface area is 152 Å². The van der Waals surface area contributed by atoms with Gasteiger partial charge in [-0.25, -0.2) is 0 Å². The van der Waals surface area contributed by atoms with Crippen LogP contribution in [-0.2, 0) is 9.53 Å². The van der Waals surface area contributed by atoms with Crippen molar-refractivity contribution in [3.8, 4) is 0 Å². The minimum Gasteiger partial charge on any atom is -0.462 e. The fraction of sp³-hybridized carbons (Fsp3) is 0.875. The van der Waals surface area contributed by atoms with E-state index in [4.69, 9.17) is 4.74 Å². The molecule has 130 valence electrons. The minimum absolute atomic E-state index is 0. The second-order valence-electron chi connectivity index (χ2n) is 5.71. The van der Waals surface area contributed by atoms with E-state index in [1.165, 1.54) is 12.8 Å². The molecular weight excluding hydrogens is 393 g/mol. The van der Waals surface area contributed by atoms with Gasteiger partial charge in [-0.1, -0.05) is 6.92 Å². The maximum absolute atomic E-state index is 11.7. The number of carbonyl (C=O) groups excluding carboxylic acids is 1. The molecule has 5 nitrogen and oxygen atoms in total. The quantitative estimate of drug-likeness (QED) is 0.206. The number of hydrogen-bond acceptors (Lipinski definition) is 3. The average molecular weight is 425 g/mol. The molecular formula is C16H32IN3O2. The third-order valence-corrected chi connectivity index (χ3v) is 3.75. The van der Waals surface area contributed by atoms with Crippen LogP contribution in [0.1, 0.15) is 65.7 Å². The van der Waals surface area contributed by atoms with E-state index in [0.29, 0.717) is 19.0 Å². The van der Waals surface area contributed by atoms with Crippen molar-refractivity contribution in [1.29, 1.82) is 0 Å². The lowest BCUT2D eigenvalue weighted by molar-refractivity contribution is -0.148. The van der Waals surface area contributed by atoms with Crippen LogP contribution in [0.15, 0.2) is 4.99 Å². The van der Waals surface area contributed by atoms with E-state index in [2.05, 4.69) is 29.5 Å². The standard InChI is InChI=1S/C16H31N3O2.HI/c1-4-13(3)19-16(17-5-2)18-12-8-11-15(20)21-14-9-6-7-10-14;/h13-14H,4-12H2,1-3H3,(H2,17,18,19);1H. The summed E-state index contributed by atoms with van der Waals surface area (Å²) in [5, 5.41) is 6.55. The maximum Gasteiger partial charge on any atom is 0.306 e. The second kappa shape index (κ2) is 13.0. The summed E-state index contributed by atoms with van der Waals surface area (Å²) in [5.74, 6) is 0.757. The Balaban J connectivity index is 0.00000441. The van der Waals surface area contributed by atoms with Gasteiger partial charge in [0, 0.05) is 25.6 Å². The first-order valence-electron chi connectivity index (χ1n) is 8.40. The van der Waals surface area contributed by atoms with Crippen LogP contribution in [0.5, 0.6) is 0 Å². The lowest BCUT2D eigenvalue weighted by atomic mass is 10.3. The lowest BCUT2D eigenvalue weighted by Crippen LogP contribution is -2.42. The van der Waals surface area contributed by atoms with Gasteiger partial charge in [-0.2, -0.15) is 0 Å². The first-order valence-corrected chi connectivity index (χ1v) is 8.40. The van der Waals surface area contributed by atoms with E-state index >= 15 is 0 Å². The monoisotopic (exact) mass is 425 g/mol. The summed E-state index contributed by atoms with van der Waals surface area (Å²) in [7, 11) is 0. The van der Waals surface area contributed by atoms with E-state index in [-0.39, 0.29) is 36.0 Å². The molecule has 1 rings (SSSR count). The molecule has 0 aliphatic heterocycles. The van der Waals surface area contributed by atoms with Gasteiger partial charge >= 0.3 is 5.97 Å². The van der Waals surface area contributed by atoms with Crippen molar-refractivity contribution < 1.29 is 9.53 Å². The summed E-state index contributed by atoms with van der Waals surface area (Å²) in [4.78, 5) is 16.2. The Kier molecular flexibility index (Phi) is 12.6. The molecule has 0 spiro atoms. The van der Waals surface area contributed by atoms with Crippen LogP contribution in [-0.4, -0.2) is 37.2 Å². The molecule has 0 bridgehead atoms. The van der Waals surface area contributed by atoms with Crippen molar-refractivity contribution in [3.05, 3.63) is 0 Å². The SMILES string of the molecule is CCNC(=NCCCC(=O)OC1CCCC1)NC(C)CC.I. The number of guanidine groups is 1. The molecule has 1 unspecified atom stereocenters. The predicted molar refractivity (Wildman–Crippen MR) is 102 cm³/mol. The zero-order chi connectivity index (χ0) is 15.5. The third-order valence-electron chi connectivity index (χ3n) is 3.75. The van der Waals surface area contributed by atoms with Crippen molar-refractivity contribution in [2.24, 2.45) is 4.99 Å². The molecule has 2 N–H and O–H groups in total. The van der Waals surface area contributed by atoms with Crippen molar-refractivity contribution in [1.82, 2.24) is 10.6 Å². The highest BCUT2D eigenvalue weighted by atomic mass is 127. The number of rotatable bonds is 8. The van der Waals surface area contributed by atoms with Gasteiger partial charge in [0.2, 0.25) is 0 Å². The van der Waals surface area contributed by atoms with Crippen LogP contribution < -0.4 is 10.6 Å². The third kappa shape index (κ3) is 9.48. The molecule has 0 amide bonds. The Bertz CT molecular complexity index is 331. The van der Waals surface area contributed by atoms with Gasteiger partial charge in [-0.3, -0.25) is 9.79 Å². The van der Waals surface area contributed by atoms with E-state index in [1.54, 1.807) is 0 Å². The van der Waals surface area contributed by atoms with Gasteiger partial charge in [0.1, 0.15) is 6.10 Å². The fourth-order valence-corrected chi connectivity index (χ4v) is 2.32. The van der Waals surface area contributed by atoms with E-state index in [9.17, 15) is 4.79 Å². The number of esters is 1. The number of nitrogens with zero attached hydrogens (tertiary/aromatic N) is 1. The molecule has 6 heteroatoms. The number of ether oxygens (including phenoxy) is 1. The molecule has 1 aliphatic carbocycles. The smallest absolute Gasteiger partial charge is 0.306 e. The summed E-state index contributed by atoms with van der Waals surface area (Å²) < 4.78 is 5.43. The maximum atomic E-state index is 11.7. The summed E-state index contributed by atoms with van der Waals surface area (Å²) in [6.07, 6.45) is 6.88. The Morgan fingerprint density at radius 3 is 2.59 bits per heavy atom. The molecule has 0 saturated heterocycles. The largest absolute Gasteiger partial charge is 0.462 e. The number of carbonyl (C=O) groups is 1. The van der Waals surface area contributed by atoms with Gasteiger partial charge in [0.15, 0.2) is 5.96 Å². The second-order valence-corrected chi connectivity index (χ2v) is 5.71. The minimum atomic E-state index is -0.0722. The zero-order valence-corrected chi connectivity index (χ0v) is 16.5. The summed E-state index contributed by atoms with van der Waals surface area (Å²) in [6, 6.07) is 0.398. The highest BCUT2D eigenvalue weighted by molar-refractivity contribution is 14.0. The van der Waals surface area contributed by atoms with Gasteiger partial charge < -0.3 is 15.4 Å². The van der Waals surface area contributed by atoms with Crippen molar-refractivity contribution in [2.45, 2.75) is 77.9 Å². The molecule has 0 heterocycles. The summed E-state index contributed by atoms with van der Waals surface area (Å²) >= 11 is 0. The van der Waals surface area contributed by atoms with E-state index in [1.807, 2.05) is 6.92 Å². The molecule has 1 saturated carbocycles. The zero-order valence-electron chi connectivity index (χ0n) is 14.2. The number of aliphatic imine (C=N–C) groups is 1. The van der Waals surface area contributed by atoms with E-state index < -0.39 is 0 Å².